The number of nitrogens with one attached hydrogen (secondary N) is 1. The van der Waals surface area contributed by atoms with Crippen LogP contribution in [0.2, 0.25) is 0 Å². The number of anilines is 1. The Kier molecular flexibility index (Phi) is 5.12. The van der Waals surface area contributed by atoms with E-state index in [0.29, 0.717) is 18.4 Å². The van der Waals surface area contributed by atoms with Crippen molar-refractivity contribution in [3.63, 3.8) is 0 Å². The monoisotopic (exact) mass is 326 g/mol. The number of nitrogen functional groups attached to an aromatic ring is 1. The molecule has 23 heavy (non-hydrogen) atoms. The number of alkyl carbamates (subject to hydrolysis) is 1. The Bertz CT molecular complexity index is 577. The predicted octanol–water partition coefficient (Wildman–Crippen LogP) is 4.10. The molecule has 1 amide bonds. The molecule has 2 rings (SSSR count). The van der Waals surface area contributed by atoms with Crippen LogP contribution < -0.4 is 11.1 Å². The van der Waals surface area contributed by atoms with Gasteiger partial charge in [0.25, 0.3) is 0 Å². The standard InChI is InChI=1S/C17H24F2N2O2/c1-17(2,3)23-16(22)21-12-6-4-10(5-7-12)13-8-11(18)9-14(19)15(13)20/h8-10,12H,4-7,20H2,1-3H3,(H,21,22). The molecular formula is C17H24F2N2O2. The van der Waals surface area contributed by atoms with Crippen LogP contribution in [0.25, 0.3) is 0 Å². The molecule has 1 saturated carbocycles. The van der Waals surface area contributed by atoms with Gasteiger partial charge in [-0.05, 0) is 64.0 Å². The van der Waals surface area contributed by atoms with Gasteiger partial charge in [0.2, 0.25) is 0 Å². The molecule has 0 radical (unpaired) electrons. The van der Waals surface area contributed by atoms with Gasteiger partial charge in [-0.25, -0.2) is 13.6 Å². The summed E-state index contributed by atoms with van der Waals surface area (Å²) < 4.78 is 32.2. The fourth-order valence-electron chi connectivity index (χ4n) is 2.97. The lowest BCUT2D eigenvalue weighted by Gasteiger charge is -2.30. The third kappa shape index (κ3) is 4.81. The van der Waals surface area contributed by atoms with Crippen LogP contribution in [0.5, 0.6) is 0 Å². The first-order valence-electron chi connectivity index (χ1n) is 7.89. The topological polar surface area (TPSA) is 64.3 Å². The van der Waals surface area contributed by atoms with Gasteiger partial charge in [-0.1, -0.05) is 0 Å². The van der Waals surface area contributed by atoms with Crippen molar-refractivity contribution in [3.05, 3.63) is 29.3 Å². The van der Waals surface area contributed by atoms with Crippen molar-refractivity contribution in [1.29, 1.82) is 0 Å². The van der Waals surface area contributed by atoms with Gasteiger partial charge < -0.3 is 15.8 Å². The number of carbonyl (C=O) groups is 1. The highest BCUT2D eigenvalue weighted by atomic mass is 19.1. The van der Waals surface area contributed by atoms with Crippen LogP contribution in [0.3, 0.4) is 0 Å². The van der Waals surface area contributed by atoms with Crippen molar-refractivity contribution in [2.24, 2.45) is 0 Å². The number of ether oxygens (including phenoxy) is 1. The quantitative estimate of drug-likeness (QED) is 0.804. The van der Waals surface area contributed by atoms with E-state index in [1.54, 1.807) is 0 Å². The third-order valence-electron chi connectivity index (χ3n) is 4.01. The van der Waals surface area contributed by atoms with E-state index in [4.69, 9.17) is 10.5 Å². The van der Waals surface area contributed by atoms with E-state index in [0.717, 1.165) is 18.9 Å². The molecule has 3 N–H and O–H groups in total. The Morgan fingerprint density at radius 3 is 2.39 bits per heavy atom. The molecule has 0 heterocycles. The number of hydrogen-bond acceptors (Lipinski definition) is 3. The Hall–Kier alpha value is -1.85. The summed E-state index contributed by atoms with van der Waals surface area (Å²) in [6.07, 6.45) is 2.45. The summed E-state index contributed by atoms with van der Waals surface area (Å²) in [5.74, 6) is -1.31. The third-order valence-corrected chi connectivity index (χ3v) is 4.01. The summed E-state index contributed by atoms with van der Waals surface area (Å²) in [4.78, 5) is 11.8. The maximum Gasteiger partial charge on any atom is 0.407 e. The van der Waals surface area contributed by atoms with Crippen molar-refractivity contribution >= 4 is 11.8 Å². The predicted molar refractivity (Wildman–Crippen MR) is 85.1 cm³/mol. The molecule has 1 aromatic rings. The van der Waals surface area contributed by atoms with Gasteiger partial charge in [-0.2, -0.15) is 0 Å². The van der Waals surface area contributed by atoms with Crippen LogP contribution in [-0.2, 0) is 4.74 Å². The Morgan fingerprint density at radius 2 is 1.83 bits per heavy atom. The summed E-state index contributed by atoms with van der Waals surface area (Å²) in [6, 6.07) is 2.12. The molecule has 0 atom stereocenters. The number of nitrogens with two attached hydrogens (primary N) is 1. The lowest BCUT2D eigenvalue weighted by molar-refractivity contribution is 0.0491. The maximum atomic E-state index is 13.6. The van der Waals surface area contributed by atoms with Crippen LogP contribution in [-0.4, -0.2) is 17.7 Å². The molecule has 0 aliphatic heterocycles. The summed E-state index contributed by atoms with van der Waals surface area (Å²) in [5, 5.41) is 2.84. The molecule has 0 spiro atoms. The molecule has 128 valence electrons. The van der Waals surface area contributed by atoms with Crippen molar-refractivity contribution in [2.75, 3.05) is 5.73 Å². The first-order valence-corrected chi connectivity index (χ1v) is 7.89. The van der Waals surface area contributed by atoms with E-state index in [2.05, 4.69) is 5.32 Å². The highest BCUT2D eigenvalue weighted by molar-refractivity contribution is 5.68. The highest BCUT2D eigenvalue weighted by Gasteiger charge is 2.27. The van der Waals surface area contributed by atoms with Gasteiger partial charge >= 0.3 is 6.09 Å². The molecular weight excluding hydrogens is 302 g/mol. The van der Waals surface area contributed by atoms with Gasteiger partial charge in [0.15, 0.2) is 0 Å². The van der Waals surface area contributed by atoms with E-state index < -0.39 is 23.3 Å². The lowest BCUT2D eigenvalue weighted by atomic mass is 9.81. The van der Waals surface area contributed by atoms with Crippen LogP contribution in [0.4, 0.5) is 19.3 Å². The summed E-state index contributed by atoms with van der Waals surface area (Å²) in [7, 11) is 0. The summed E-state index contributed by atoms with van der Waals surface area (Å²) >= 11 is 0. The van der Waals surface area contributed by atoms with Crippen LogP contribution in [0, 0.1) is 11.6 Å². The first-order chi connectivity index (χ1) is 10.7. The minimum Gasteiger partial charge on any atom is -0.444 e. The zero-order valence-corrected chi connectivity index (χ0v) is 13.8. The minimum atomic E-state index is -0.714. The number of hydrogen-bond donors (Lipinski definition) is 2. The average Bonchev–Trinajstić information content (AvgIpc) is 2.41. The Morgan fingerprint density at radius 1 is 1.22 bits per heavy atom. The van der Waals surface area contributed by atoms with E-state index >= 15 is 0 Å². The second-order valence-electron chi connectivity index (χ2n) is 7.09. The molecule has 1 fully saturated rings. The minimum absolute atomic E-state index is 0.0110. The number of amides is 1. The van der Waals surface area contributed by atoms with Crippen molar-refractivity contribution in [2.45, 2.75) is 64.0 Å². The molecule has 4 nitrogen and oxygen atoms in total. The SMILES string of the molecule is CC(C)(C)OC(=O)NC1CCC(c2cc(F)cc(F)c2N)CC1. The largest absolute Gasteiger partial charge is 0.444 e. The Labute approximate surface area is 135 Å². The van der Waals surface area contributed by atoms with Gasteiger partial charge in [-0.15, -0.1) is 0 Å². The van der Waals surface area contributed by atoms with E-state index in [1.165, 1.54) is 6.07 Å². The smallest absolute Gasteiger partial charge is 0.407 e. The normalized spacial score (nSPS) is 21.8. The molecule has 1 aromatic carbocycles. The number of carbonyl (C=O) groups excluding carboxylic acids is 1. The second kappa shape index (κ2) is 6.72. The molecule has 0 saturated heterocycles. The van der Waals surface area contributed by atoms with Crippen LogP contribution in [0.1, 0.15) is 57.9 Å². The van der Waals surface area contributed by atoms with Gasteiger partial charge in [0.05, 0.1) is 5.69 Å². The lowest BCUT2D eigenvalue weighted by Crippen LogP contribution is -2.40. The molecule has 6 heteroatoms. The molecule has 0 unspecified atom stereocenters. The number of benzene rings is 1. The zero-order valence-electron chi connectivity index (χ0n) is 13.8. The number of halogens is 2. The maximum absolute atomic E-state index is 13.6. The van der Waals surface area contributed by atoms with Crippen LogP contribution in [0.15, 0.2) is 12.1 Å². The molecule has 0 bridgehead atoms. The van der Waals surface area contributed by atoms with Crippen LogP contribution >= 0.6 is 0 Å². The Balaban J connectivity index is 1.93. The highest BCUT2D eigenvalue weighted by Crippen LogP contribution is 2.37. The van der Waals surface area contributed by atoms with Crippen molar-refractivity contribution in [1.82, 2.24) is 5.32 Å². The summed E-state index contributed by atoms with van der Waals surface area (Å²) in [6.45, 7) is 5.43. The summed E-state index contributed by atoms with van der Waals surface area (Å²) in [5.41, 5.74) is 5.75. The van der Waals surface area contributed by atoms with Gasteiger partial charge in [-0.3, -0.25) is 0 Å². The van der Waals surface area contributed by atoms with E-state index in [1.807, 2.05) is 20.8 Å². The van der Waals surface area contributed by atoms with Crippen molar-refractivity contribution < 1.29 is 18.3 Å². The molecule has 1 aliphatic carbocycles. The zero-order chi connectivity index (χ0) is 17.2. The van der Waals surface area contributed by atoms with E-state index in [9.17, 15) is 13.6 Å². The van der Waals surface area contributed by atoms with E-state index in [-0.39, 0.29) is 17.6 Å². The fraction of sp³-hybridized carbons (Fsp3) is 0.588. The van der Waals surface area contributed by atoms with Crippen molar-refractivity contribution in [3.8, 4) is 0 Å². The van der Waals surface area contributed by atoms with Gasteiger partial charge in [0.1, 0.15) is 17.2 Å². The molecule has 1 aliphatic rings. The first kappa shape index (κ1) is 17.5. The fourth-order valence-corrected chi connectivity index (χ4v) is 2.97. The van der Waals surface area contributed by atoms with Gasteiger partial charge in [0, 0.05) is 12.1 Å². The average molecular weight is 326 g/mol. The second-order valence-corrected chi connectivity index (χ2v) is 7.09. The molecule has 0 aromatic heterocycles. The number of rotatable bonds is 2.